The summed E-state index contributed by atoms with van der Waals surface area (Å²) in [5, 5.41) is 11.6. The monoisotopic (exact) mass is 435 g/mol. The Balaban J connectivity index is 1.54. The lowest BCUT2D eigenvalue weighted by molar-refractivity contribution is -0.137. The molecule has 2 aromatic heterocycles. The van der Waals surface area contributed by atoms with Crippen LogP contribution in [0.3, 0.4) is 0 Å². The molecule has 0 atom stereocenters. The molecule has 5 rings (SSSR count). The minimum absolute atomic E-state index is 0.0303. The van der Waals surface area contributed by atoms with E-state index in [1.165, 1.54) is 12.1 Å². The summed E-state index contributed by atoms with van der Waals surface area (Å²) in [7, 11) is 0. The molecule has 1 aliphatic heterocycles. The van der Waals surface area contributed by atoms with E-state index in [9.17, 15) is 13.2 Å². The molecule has 9 heteroatoms. The van der Waals surface area contributed by atoms with Gasteiger partial charge in [-0.2, -0.15) is 22.8 Å². The lowest BCUT2D eigenvalue weighted by Crippen LogP contribution is -2.39. The Morgan fingerprint density at radius 2 is 2.00 bits per heavy atom. The lowest BCUT2D eigenvalue weighted by Gasteiger charge is -2.34. The van der Waals surface area contributed by atoms with Gasteiger partial charge in [-0.3, -0.25) is 0 Å². The summed E-state index contributed by atoms with van der Waals surface area (Å²) in [5.41, 5.74) is 2.67. The van der Waals surface area contributed by atoms with Crippen molar-refractivity contribution in [3.63, 3.8) is 0 Å². The average molecular weight is 436 g/mol. The van der Waals surface area contributed by atoms with Crippen LogP contribution in [0.4, 0.5) is 19.0 Å². The third-order valence-corrected chi connectivity index (χ3v) is 6.60. The van der Waals surface area contributed by atoms with Crippen molar-refractivity contribution in [3.05, 3.63) is 57.9 Å². The molecule has 0 saturated carbocycles. The van der Waals surface area contributed by atoms with Crippen LogP contribution in [0.25, 0.3) is 5.65 Å². The molecule has 2 N–H and O–H groups in total. The van der Waals surface area contributed by atoms with Gasteiger partial charge in [0.2, 0.25) is 0 Å². The number of nitrogens with zero attached hydrogens (tertiary/aromatic N) is 3. The first kappa shape index (κ1) is 19.6. The summed E-state index contributed by atoms with van der Waals surface area (Å²) in [6.07, 6.45) is 1.10. The predicted molar refractivity (Wildman–Crippen MR) is 109 cm³/mol. The van der Waals surface area contributed by atoms with Crippen LogP contribution < -0.4 is 10.6 Å². The van der Waals surface area contributed by atoms with Gasteiger partial charge in [-0.05, 0) is 56.5 Å². The number of alkyl halides is 3. The fourth-order valence-electron chi connectivity index (χ4n) is 4.78. The summed E-state index contributed by atoms with van der Waals surface area (Å²) < 4.78 is 40.9. The highest BCUT2D eigenvalue weighted by Crippen LogP contribution is 2.47. The molecule has 1 aromatic carbocycles. The molecule has 0 amide bonds. The minimum atomic E-state index is -4.36. The Bertz CT molecular complexity index is 1100. The van der Waals surface area contributed by atoms with Crippen LogP contribution in [0.2, 0.25) is 5.02 Å². The molecule has 1 fully saturated rings. The molecule has 0 unspecified atom stereocenters. The first-order chi connectivity index (χ1) is 14.4. The molecule has 158 valence electrons. The second-order valence-corrected chi connectivity index (χ2v) is 8.50. The predicted octanol–water partition coefficient (Wildman–Crippen LogP) is 4.58. The van der Waals surface area contributed by atoms with Crippen LogP contribution >= 0.6 is 11.6 Å². The average Bonchev–Trinajstić information content (AvgIpc) is 3.27. The van der Waals surface area contributed by atoms with Gasteiger partial charge in [-0.25, -0.2) is 4.98 Å². The molecule has 3 aromatic rings. The Morgan fingerprint density at radius 1 is 1.20 bits per heavy atom. The quantitative estimate of drug-likeness (QED) is 0.632. The Kier molecular flexibility index (Phi) is 4.67. The Labute approximate surface area is 176 Å². The molecular weight excluding hydrogens is 415 g/mol. The molecule has 1 spiro atoms. The van der Waals surface area contributed by atoms with Gasteiger partial charge >= 0.3 is 6.18 Å². The van der Waals surface area contributed by atoms with Crippen molar-refractivity contribution in [1.82, 2.24) is 19.9 Å². The molecule has 0 bridgehead atoms. The highest BCUT2D eigenvalue weighted by molar-refractivity contribution is 6.33. The van der Waals surface area contributed by atoms with E-state index < -0.39 is 11.7 Å². The Morgan fingerprint density at radius 3 is 2.77 bits per heavy atom. The van der Waals surface area contributed by atoms with Crippen molar-refractivity contribution < 1.29 is 13.2 Å². The molecule has 1 saturated heterocycles. The van der Waals surface area contributed by atoms with Gasteiger partial charge in [0.05, 0.1) is 17.5 Å². The summed E-state index contributed by atoms with van der Waals surface area (Å²) in [6.45, 7) is 2.15. The number of rotatable bonds is 3. The van der Waals surface area contributed by atoms with Crippen molar-refractivity contribution in [2.45, 2.75) is 43.8 Å². The topological polar surface area (TPSA) is 54.2 Å². The van der Waals surface area contributed by atoms with Gasteiger partial charge in [0.1, 0.15) is 10.8 Å². The molecule has 3 heterocycles. The molecular formula is C21H21ClF3N5. The van der Waals surface area contributed by atoms with E-state index in [-0.39, 0.29) is 12.0 Å². The second kappa shape index (κ2) is 7.13. The van der Waals surface area contributed by atoms with Crippen LogP contribution in [0, 0.1) is 0 Å². The van der Waals surface area contributed by atoms with E-state index in [4.69, 9.17) is 16.6 Å². The number of hydrogen-bond acceptors (Lipinski definition) is 4. The highest BCUT2D eigenvalue weighted by Gasteiger charge is 2.43. The number of anilines is 1. The summed E-state index contributed by atoms with van der Waals surface area (Å²) in [5.74, 6) is 0.773. The number of benzene rings is 1. The molecule has 0 radical (unpaired) electrons. The SMILES string of the molecule is FC(F)(F)c1cccc(CNc2c3c(nc4c(Cl)cnn24)C2(CCNCC2)CC3)c1. The maximum Gasteiger partial charge on any atom is 0.416 e. The number of hydrogen-bond donors (Lipinski definition) is 2. The van der Waals surface area contributed by atoms with Gasteiger partial charge in [0, 0.05) is 17.5 Å². The van der Waals surface area contributed by atoms with E-state index in [0.29, 0.717) is 16.2 Å². The van der Waals surface area contributed by atoms with Crippen LogP contribution in [-0.4, -0.2) is 27.7 Å². The smallest absolute Gasteiger partial charge is 0.366 e. The van der Waals surface area contributed by atoms with E-state index in [1.807, 2.05) is 0 Å². The van der Waals surface area contributed by atoms with Gasteiger partial charge in [0.25, 0.3) is 0 Å². The van der Waals surface area contributed by atoms with Crippen LogP contribution in [0.1, 0.15) is 41.6 Å². The number of fused-ring (bicyclic) bond motifs is 3. The molecule has 5 nitrogen and oxygen atoms in total. The van der Waals surface area contributed by atoms with Gasteiger partial charge in [0.15, 0.2) is 5.65 Å². The lowest BCUT2D eigenvalue weighted by atomic mass is 9.77. The number of halogens is 4. The van der Waals surface area contributed by atoms with Gasteiger partial charge in [-0.1, -0.05) is 23.7 Å². The second-order valence-electron chi connectivity index (χ2n) is 8.10. The largest absolute Gasteiger partial charge is 0.416 e. The zero-order chi connectivity index (χ0) is 20.9. The van der Waals surface area contributed by atoms with E-state index in [0.717, 1.165) is 61.9 Å². The minimum Gasteiger partial charge on any atom is -0.366 e. The summed E-state index contributed by atoms with van der Waals surface area (Å²) in [4.78, 5) is 4.91. The zero-order valence-electron chi connectivity index (χ0n) is 16.2. The normalized spacial score (nSPS) is 18.1. The van der Waals surface area contributed by atoms with Crippen molar-refractivity contribution >= 4 is 23.1 Å². The maximum atomic E-state index is 13.1. The Hall–Kier alpha value is -2.32. The van der Waals surface area contributed by atoms with Crippen molar-refractivity contribution in [2.75, 3.05) is 18.4 Å². The third kappa shape index (κ3) is 3.22. The fourth-order valence-corrected chi connectivity index (χ4v) is 4.94. The molecule has 30 heavy (non-hydrogen) atoms. The van der Waals surface area contributed by atoms with Crippen LogP contribution in [0.15, 0.2) is 30.5 Å². The first-order valence-electron chi connectivity index (χ1n) is 10.0. The van der Waals surface area contributed by atoms with Crippen molar-refractivity contribution in [1.29, 1.82) is 0 Å². The molecule has 1 aliphatic carbocycles. The van der Waals surface area contributed by atoms with E-state index in [1.54, 1.807) is 16.8 Å². The highest BCUT2D eigenvalue weighted by atomic mass is 35.5. The van der Waals surface area contributed by atoms with Crippen molar-refractivity contribution in [3.8, 4) is 0 Å². The van der Waals surface area contributed by atoms with Crippen LogP contribution in [0.5, 0.6) is 0 Å². The van der Waals surface area contributed by atoms with Crippen LogP contribution in [-0.2, 0) is 24.6 Å². The first-order valence-corrected chi connectivity index (χ1v) is 10.4. The van der Waals surface area contributed by atoms with E-state index in [2.05, 4.69) is 15.7 Å². The van der Waals surface area contributed by atoms with Gasteiger partial charge < -0.3 is 10.6 Å². The summed E-state index contributed by atoms with van der Waals surface area (Å²) >= 11 is 6.35. The summed E-state index contributed by atoms with van der Waals surface area (Å²) in [6, 6.07) is 5.38. The number of aromatic nitrogens is 3. The van der Waals surface area contributed by atoms with Gasteiger partial charge in [-0.15, -0.1) is 0 Å². The zero-order valence-corrected chi connectivity index (χ0v) is 16.9. The maximum absolute atomic E-state index is 13.1. The third-order valence-electron chi connectivity index (χ3n) is 6.33. The van der Waals surface area contributed by atoms with Crippen molar-refractivity contribution in [2.24, 2.45) is 0 Å². The fraction of sp³-hybridized carbons (Fsp3) is 0.429. The number of nitrogens with one attached hydrogen (secondary N) is 2. The molecule has 2 aliphatic rings. The standard InChI is InChI=1S/C21H21ClF3N5/c22-16-12-28-30-18(27-11-13-2-1-3-14(10-13)21(23,24)25)15-4-5-20(6-8-26-9-7-20)17(15)29-19(16)30/h1-3,10,12,26-27H,4-9,11H2. The van der Waals surface area contributed by atoms with E-state index >= 15 is 0 Å². The number of piperidine rings is 1.